The highest BCUT2D eigenvalue weighted by molar-refractivity contribution is 5.89. The number of unbranched alkanes of at least 4 members (excludes halogenated alkanes) is 2. The average Bonchev–Trinajstić information content (AvgIpc) is 2.87. The highest BCUT2D eigenvalue weighted by Crippen LogP contribution is 2.63. The summed E-state index contributed by atoms with van der Waals surface area (Å²) < 4.78 is 221. The van der Waals surface area contributed by atoms with Crippen molar-refractivity contribution in [1.29, 1.82) is 0 Å². The molecule has 1 N–H and O–H groups in total. The molecule has 0 bridgehead atoms. The van der Waals surface area contributed by atoms with Crippen LogP contribution in [0.25, 0.3) is 0 Å². The molecule has 0 heterocycles. The van der Waals surface area contributed by atoms with Crippen LogP contribution >= 0.6 is 0 Å². The quantitative estimate of drug-likeness (QED) is 0.122. The molecule has 3 nitrogen and oxygen atoms in total. The van der Waals surface area contributed by atoms with Gasteiger partial charge in [0.15, 0.2) is 6.61 Å². The molecule has 0 atom stereocenters. The molecule has 0 saturated heterocycles. The molecule has 0 fully saturated rings. The summed E-state index contributed by atoms with van der Waals surface area (Å²) in [5.41, 5.74) is -0.0764. The molecule has 0 saturated carbocycles. The molecular weight excluding hydrogens is 616 g/mol. The molecule has 41 heavy (non-hydrogen) atoms. The Morgan fingerprint density at radius 3 is 1.41 bits per heavy atom. The van der Waals surface area contributed by atoms with E-state index in [4.69, 9.17) is 5.11 Å². The Hall–Kier alpha value is -2.47. The van der Waals surface area contributed by atoms with Crippen LogP contribution in [0.4, 0.5) is 70.2 Å². The number of aliphatic hydroxyl groups excluding tert-OH is 1. The van der Waals surface area contributed by atoms with E-state index in [2.05, 4.69) is 4.74 Å². The van der Waals surface area contributed by atoms with Crippen LogP contribution in [0.2, 0.25) is 0 Å². The maximum absolute atomic E-state index is 13.9. The molecule has 0 amide bonds. The molecule has 1 aromatic rings. The first kappa shape index (κ1) is 36.6. The van der Waals surface area contributed by atoms with Gasteiger partial charge < -0.3 is 9.84 Å². The van der Waals surface area contributed by atoms with Crippen LogP contribution in [-0.4, -0.2) is 71.7 Å². The zero-order valence-electron chi connectivity index (χ0n) is 20.4. The van der Waals surface area contributed by atoms with E-state index >= 15 is 0 Å². The SMILES string of the molecule is CCCCCc1ccc(C(=O)OCC(F)(F)C(F)(F)C(F)(F)C(F)(F)C(F)(F)C(F)(F)C(F)(F)C(F)(F)CO)cc1. The number of benzene rings is 1. The van der Waals surface area contributed by atoms with Crippen molar-refractivity contribution < 1.29 is 84.9 Å². The van der Waals surface area contributed by atoms with Gasteiger partial charge in [-0.1, -0.05) is 31.9 Å². The van der Waals surface area contributed by atoms with Crippen molar-refractivity contribution in [3.05, 3.63) is 35.4 Å². The monoisotopic (exact) mass is 636 g/mol. The fourth-order valence-corrected chi connectivity index (χ4v) is 3.06. The number of aryl methyl sites for hydroxylation is 1. The predicted molar refractivity (Wildman–Crippen MR) is 107 cm³/mol. The normalized spacial score (nSPS) is 14.8. The van der Waals surface area contributed by atoms with Crippen molar-refractivity contribution in [1.82, 2.24) is 0 Å². The van der Waals surface area contributed by atoms with Gasteiger partial charge in [0.2, 0.25) is 0 Å². The molecule has 0 unspecified atom stereocenters. The molecular formula is C22H20F16O3. The fourth-order valence-electron chi connectivity index (χ4n) is 3.06. The maximum Gasteiger partial charge on any atom is 0.385 e. The molecule has 0 aliphatic heterocycles. The first-order chi connectivity index (χ1) is 18.2. The van der Waals surface area contributed by atoms with Gasteiger partial charge in [0.25, 0.3) is 0 Å². The summed E-state index contributed by atoms with van der Waals surface area (Å²) in [7, 11) is 0. The summed E-state index contributed by atoms with van der Waals surface area (Å²) in [6, 6.07) is 4.28. The smallest absolute Gasteiger partial charge is 0.385 e. The van der Waals surface area contributed by atoms with Crippen LogP contribution in [0.5, 0.6) is 0 Å². The van der Waals surface area contributed by atoms with E-state index in [9.17, 15) is 75.0 Å². The zero-order valence-corrected chi connectivity index (χ0v) is 20.4. The number of esters is 1. The van der Waals surface area contributed by atoms with Crippen molar-refractivity contribution in [3.8, 4) is 0 Å². The van der Waals surface area contributed by atoms with E-state index < -0.39 is 72.1 Å². The lowest BCUT2D eigenvalue weighted by Crippen LogP contribution is -2.75. The van der Waals surface area contributed by atoms with E-state index in [1.807, 2.05) is 6.92 Å². The molecule has 0 aliphatic rings. The van der Waals surface area contributed by atoms with Crippen molar-refractivity contribution in [2.24, 2.45) is 0 Å². The minimum atomic E-state index is -8.59. The van der Waals surface area contributed by atoms with Gasteiger partial charge in [0.05, 0.1) is 5.56 Å². The van der Waals surface area contributed by atoms with Crippen LogP contribution in [0.3, 0.4) is 0 Å². The summed E-state index contributed by atoms with van der Waals surface area (Å²) in [4.78, 5) is 11.8. The van der Waals surface area contributed by atoms with Gasteiger partial charge in [0, 0.05) is 0 Å². The number of hydrogen-bond donors (Lipinski definition) is 1. The Morgan fingerprint density at radius 2 is 1.02 bits per heavy atom. The first-order valence-corrected chi connectivity index (χ1v) is 11.1. The second kappa shape index (κ2) is 11.7. The summed E-state index contributed by atoms with van der Waals surface area (Å²) in [5, 5.41) is 8.00. The van der Waals surface area contributed by atoms with Gasteiger partial charge in [-0.2, -0.15) is 70.2 Å². The van der Waals surface area contributed by atoms with Crippen molar-refractivity contribution in [2.45, 2.75) is 80.0 Å². The minimum Gasteiger partial charge on any atom is -0.455 e. The zero-order chi connectivity index (χ0) is 32.5. The van der Waals surface area contributed by atoms with E-state index in [-0.39, 0.29) is 0 Å². The Morgan fingerprint density at radius 1 is 0.634 bits per heavy atom. The van der Waals surface area contributed by atoms with Gasteiger partial charge >= 0.3 is 53.3 Å². The lowest BCUT2D eigenvalue weighted by molar-refractivity contribution is -0.454. The number of halogens is 16. The lowest BCUT2D eigenvalue weighted by atomic mass is 9.88. The largest absolute Gasteiger partial charge is 0.455 e. The Labute approximate surface area is 220 Å². The van der Waals surface area contributed by atoms with Gasteiger partial charge in [0.1, 0.15) is 6.61 Å². The summed E-state index contributed by atoms with van der Waals surface area (Å²) in [5.74, 6) is -65.0. The molecule has 19 heteroatoms. The number of rotatable bonds is 15. The van der Waals surface area contributed by atoms with Crippen LogP contribution in [-0.2, 0) is 11.2 Å². The third kappa shape index (κ3) is 6.04. The number of carbonyl (C=O) groups excluding carboxylic acids is 1. The van der Waals surface area contributed by atoms with E-state index in [1.165, 1.54) is 12.1 Å². The van der Waals surface area contributed by atoms with Crippen LogP contribution in [0.15, 0.2) is 24.3 Å². The predicted octanol–water partition coefficient (Wildman–Crippen LogP) is 7.65. The molecule has 0 aliphatic carbocycles. The molecule has 0 radical (unpaired) electrons. The Balaban J connectivity index is 3.28. The van der Waals surface area contributed by atoms with Gasteiger partial charge in [-0.05, 0) is 30.5 Å². The number of ether oxygens (including phenoxy) is 1. The van der Waals surface area contributed by atoms with E-state index in [0.717, 1.165) is 25.0 Å². The Kier molecular flexibility index (Phi) is 10.4. The standard InChI is InChI=1S/C22H20F16O3/c1-2-3-4-5-12-6-8-13(9-7-12)14(40)41-11-16(25,26)18(29,30)20(33,34)22(37,38)21(35,36)19(31,32)17(27,28)15(23,24)10-39/h6-9,39H,2-5,10-11H2,1H3. The summed E-state index contributed by atoms with van der Waals surface area (Å²) >= 11 is 0. The first-order valence-electron chi connectivity index (χ1n) is 11.1. The van der Waals surface area contributed by atoms with E-state index in [1.54, 1.807) is 0 Å². The van der Waals surface area contributed by atoms with Crippen LogP contribution in [0, 0.1) is 0 Å². The van der Waals surface area contributed by atoms with Crippen molar-refractivity contribution >= 4 is 5.97 Å². The van der Waals surface area contributed by atoms with Gasteiger partial charge in [-0.3, -0.25) is 0 Å². The summed E-state index contributed by atoms with van der Waals surface area (Å²) in [6.07, 6.45) is 2.80. The highest BCUT2D eigenvalue weighted by atomic mass is 19.4. The minimum absolute atomic E-state index is 0.476. The van der Waals surface area contributed by atoms with Crippen molar-refractivity contribution in [2.75, 3.05) is 13.2 Å². The number of aliphatic hydroxyl groups is 1. The van der Waals surface area contributed by atoms with Crippen LogP contribution in [0.1, 0.15) is 42.1 Å². The van der Waals surface area contributed by atoms with Crippen LogP contribution < -0.4 is 0 Å². The number of carbonyl (C=O) groups is 1. The fraction of sp³-hybridized carbons (Fsp3) is 0.682. The third-order valence-corrected chi connectivity index (χ3v) is 5.73. The van der Waals surface area contributed by atoms with Crippen molar-refractivity contribution in [3.63, 3.8) is 0 Å². The maximum atomic E-state index is 13.9. The lowest BCUT2D eigenvalue weighted by Gasteiger charge is -2.43. The molecule has 0 aromatic heterocycles. The molecule has 1 aromatic carbocycles. The average molecular weight is 636 g/mol. The molecule has 1 rings (SSSR count). The second-order valence-corrected chi connectivity index (χ2v) is 8.74. The molecule has 0 spiro atoms. The number of hydrogen-bond acceptors (Lipinski definition) is 3. The highest BCUT2D eigenvalue weighted by Gasteiger charge is 2.94. The number of alkyl halides is 16. The molecule has 238 valence electrons. The second-order valence-electron chi connectivity index (χ2n) is 8.74. The summed E-state index contributed by atoms with van der Waals surface area (Å²) in [6.45, 7) is -4.81. The Bertz CT molecular complexity index is 1040. The van der Waals surface area contributed by atoms with Gasteiger partial charge in [-0.25, -0.2) is 4.79 Å². The van der Waals surface area contributed by atoms with Gasteiger partial charge in [-0.15, -0.1) is 0 Å². The van der Waals surface area contributed by atoms with E-state index in [0.29, 0.717) is 18.4 Å². The third-order valence-electron chi connectivity index (χ3n) is 5.73. The topological polar surface area (TPSA) is 46.5 Å².